The minimum atomic E-state index is -0.192. The number of hydrogen-bond acceptors (Lipinski definition) is 3. The smallest absolute Gasteiger partial charge is 0.268 e. The van der Waals surface area contributed by atoms with E-state index in [1.165, 1.54) is 5.56 Å². The van der Waals surface area contributed by atoms with Gasteiger partial charge < -0.3 is 0 Å². The van der Waals surface area contributed by atoms with Gasteiger partial charge in [-0.05, 0) is 41.8 Å². The first-order valence-corrected chi connectivity index (χ1v) is 10.8. The predicted octanol–water partition coefficient (Wildman–Crippen LogP) is 6.02. The Labute approximate surface area is 190 Å². The highest BCUT2D eigenvalue weighted by Crippen LogP contribution is 2.26. The Hall–Kier alpha value is -3.70. The van der Waals surface area contributed by atoms with Gasteiger partial charge in [0.05, 0.1) is 17.6 Å². The lowest BCUT2D eigenvalue weighted by Crippen LogP contribution is -2.22. The maximum atomic E-state index is 13.7. The Bertz CT molecular complexity index is 1470. The summed E-state index contributed by atoms with van der Waals surface area (Å²) in [7, 11) is 0. The van der Waals surface area contributed by atoms with Crippen LogP contribution in [0.4, 0.5) is 0 Å². The largest absolute Gasteiger partial charge is 0.269 e. The van der Waals surface area contributed by atoms with Crippen LogP contribution in [0.2, 0.25) is 5.02 Å². The summed E-state index contributed by atoms with van der Waals surface area (Å²) in [5.74, 6) is 0.951. The van der Waals surface area contributed by atoms with Gasteiger partial charge in [-0.25, -0.2) is 9.67 Å². The first-order valence-electron chi connectivity index (χ1n) is 10.5. The monoisotopic (exact) mass is 440 g/mol. The first kappa shape index (κ1) is 20.2. The molecule has 0 N–H and O–H groups in total. The molecule has 158 valence electrons. The van der Waals surface area contributed by atoms with E-state index in [9.17, 15) is 4.79 Å². The summed E-state index contributed by atoms with van der Waals surface area (Å²) in [5.41, 5.74) is 3.89. The molecule has 5 nitrogen and oxygen atoms in total. The summed E-state index contributed by atoms with van der Waals surface area (Å²) in [6, 6.07) is 25.1. The number of fused-ring (bicyclic) bond motifs is 1. The molecular weight excluding hydrogens is 420 g/mol. The molecule has 0 saturated carbocycles. The molecule has 3 aromatic carbocycles. The van der Waals surface area contributed by atoms with E-state index in [0.29, 0.717) is 33.5 Å². The van der Waals surface area contributed by atoms with Crippen molar-refractivity contribution in [2.75, 3.05) is 0 Å². The highest BCUT2D eigenvalue weighted by atomic mass is 35.5. The second-order valence-electron chi connectivity index (χ2n) is 7.96. The van der Waals surface area contributed by atoms with Gasteiger partial charge in [0.1, 0.15) is 11.2 Å². The lowest BCUT2D eigenvalue weighted by Gasteiger charge is -2.14. The molecule has 0 atom stereocenters. The van der Waals surface area contributed by atoms with Gasteiger partial charge >= 0.3 is 0 Å². The molecule has 0 aliphatic rings. The lowest BCUT2D eigenvalue weighted by molar-refractivity contribution is 0.866. The van der Waals surface area contributed by atoms with Crippen molar-refractivity contribution in [3.05, 3.63) is 106 Å². The van der Waals surface area contributed by atoms with Crippen LogP contribution < -0.4 is 5.56 Å². The van der Waals surface area contributed by atoms with Gasteiger partial charge in [-0.1, -0.05) is 74.0 Å². The van der Waals surface area contributed by atoms with Crippen LogP contribution in [0.3, 0.4) is 0 Å². The van der Waals surface area contributed by atoms with Gasteiger partial charge in [0, 0.05) is 10.6 Å². The molecule has 0 fully saturated rings. The molecule has 2 heterocycles. The molecule has 2 aromatic heterocycles. The van der Waals surface area contributed by atoms with E-state index in [1.807, 2.05) is 54.6 Å². The molecule has 0 unspecified atom stereocenters. The highest BCUT2D eigenvalue weighted by molar-refractivity contribution is 6.30. The number of para-hydroxylation sites is 1. The predicted molar refractivity (Wildman–Crippen MR) is 129 cm³/mol. The van der Waals surface area contributed by atoms with E-state index in [4.69, 9.17) is 16.6 Å². The van der Waals surface area contributed by atoms with Crippen molar-refractivity contribution >= 4 is 22.6 Å². The zero-order valence-corrected chi connectivity index (χ0v) is 18.5. The normalized spacial score (nSPS) is 11.4. The molecular formula is C26H21ClN4O. The van der Waals surface area contributed by atoms with Crippen molar-refractivity contribution < 1.29 is 0 Å². The van der Waals surface area contributed by atoms with Crippen LogP contribution in [0.15, 0.2) is 89.9 Å². The zero-order chi connectivity index (χ0) is 22.2. The molecule has 5 aromatic rings. The molecule has 0 radical (unpaired) electrons. The summed E-state index contributed by atoms with van der Waals surface area (Å²) < 4.78 is 3.31. The van der Waals surface area contributed by atoms with Gasteiger partial charge in [-0.3, -0.25) is 9.36 Å². The third-order valence-corrected chi connectivity index (χ3v) is 5.74. The van der Waals surface area contributed by atoms with Crippen molar-refractivity contribution in [3.8, 4) is 22.8 Å². The second-order valence-corrected chi connectivity index (χ2v) is 8.40. The number of rotatable bonds is 4. The van der Waals surface area contributed by atoms with Crippen LogP contribution >= 0.6 is 11.6 Å². The molecule has 0 saturated heterocycles. The van der Waals surface area contributed by atoms with Gasteiger partial charge in [-0.2, -0.15) is 5.10 Å². The fraction of sp³-hybridized carbons (Fsp3) is 0.115. The Morgan fingerprint density at radius 3 is 2.28 bits per heavy atom. The molecule has 0 aliphatic carbocycles. The maximum Gasteiger partial charge on any atom is 0.269 e. The number of hydrogen-bond donors (Lipinski definition) is 0. The van der Waals surface area contributed by atoms with E-state index in [1.54, 1.807) is 27.6 Å². The fourth-order valence-corrected chi connectivity index (χ4v) is 3.98. The maximum absolute atomic E-state index is 13.7. The molecule has 0 bridgehead atoms. The summed E-state index contributed by atoms with van der Waals surface area (Å²) in [6.07, 6.45) is 1.57. The average molecular weight is 441 g/mol. The molecule has 0 amide bonds. The quantitative estimate of drug-likeness (QED) is 0.343. The van der Waals surface area contributed by atoms with E-state index in [0.717, 1.165) is 11.3 Å². The van der Waals surface area contributed by atoms with Crippen LogP contribution in [-0.2, 0) is 0 Å². The standard InChI is InChI=1S/C26H21ClN4O/c1-17(2)18-11-13-19(14-12-18)24-29-25-23(16-28-31(25)21-8-4-3-5-9-21)26(32)30(24)22-10-6-7-20(27)15-22/h3-17H,1-2H3. The minimum absolute atomic E-state index is 0.192. The third kappa shape index (κ3) is 3.51. The average Bonchev–Trinajstić information content (AvgIpc) is 3.24. The Balaban J connectivity index is 1.82. The summed E-state index contributed by atoms with van der Waals surface area (Å²) in [4.78, 5) is 18.6. The van der Waals surface area contributed by atoms with Gasteiger partial charge in [0.25, 0.3) is 5.56 Å². The van der Waals surface area contributed by atoms with Crippen LogP contribution in [0.1, 0.15) is 25.3 Å². The Morgan fingerprint density at radius 2 is 1.59 bits per heavy atom. The van der Waals surface area contributed by atoms with Crippen molar-refractivity contribution in [1.82, 2.24) is 19.3 Å². The minimum Gasteiger partial charge on any atom is -0.268 e. The van der Waals surface area contributed by atoms with Gasteiger partial charge in [0.2, 0.25) is 0 Å². The van der Waals surface area contributed by atoms with Gasteiger partial charge in [-0.15, -0.1) is 0 Å². The Kier molecular flexibility index (Phi) is 5.11. The number of benzene rings is 3. The first-order chi connectivity index (χ1) is 15.5. The summed E-state index contributed by atoms with van der Waals surface area (Å²) >= 11 is 6.25. The van der Waals surface area contributed by atoms with Crippen molar-refractivity contribution in [1.29, 1.82) is 0 Å². The molecule has 32 heavy (non-hydrogen) atoms. The molecule has 0 aliphatic heterocycles. The van der Waals surface area contributed by atoms with E-state index in [2.05, 4.69) is 31.1 Å². The second kappa shape index (κ2) is 8.09. The van der Waals surface area contributed by atoms with Crippen LogP contribution in [0, 0.1) is 0 Å². The number of nitrogens with zero attached hydrogens (tertiary/aromatic N) is 4. The lowest BCUT2D eigenvalue weighted by atomic mass is 10.0. The van der Waals surface area contributed by atoms with E-state index < -0.39 is 0 Å². The molecule has 5 rings (SSSR count). The van der Waals surface area contributed by atoms with Crippen molar-refractivity contribution in [2.45, 2.75) is 19.8 Å². The summed E-state index contributed by atoms with van der Waals surface area (Å²) in [6.45, 7) is 4.30. The van der Waals surface area contributed by atoms with Gasteiger partial charge in [0.15, 0.2) is 5.65 Å². The number of aromatic nitrogens is 4. The van der Waals surface area contributed by atoms with Crippen molar-refractivity contribution in [2.24, 2.45) is 0 Å². The molecule has 6 heteroatoms. The van der Waals surface area contributed by atoms with Crippen molar-refractivity contribution in [3.63, 3.8) is 0 Å². The fourth-order valence-electron chi connectivity index (χ4n) is 3.79. The topological polar surface area (TPSA) is 52.7 Å². The van der Waals surface area contributed by atoms with E-state index in [-0.39, 0.29) is 5.56 Å². The Morgan fingerprint density at radius 1 is 0.875 bits per heavy atom. The molecule has 0 spiro atoms. The van der Waals surface area contributed by atoms with E-state index >= 15 is 0 Å². The van der Waals surface area contributed by atoms with Crippen LogP contribution in [0.25, 0.3) is 33.8 Å². The highest BCUT2D eigenvalue weighted by Gasteiger charge is 2.19. The zero-order valence-electron chi connectivity index (χ0n) is 17.7. The van der Waals surface area contributed by atoms with Crippen LogP contribution in [-0.4, -0.2) is 19.3 Å². The third-order valence-electron chi connectivity index (χ3n) is 5.50. The van der Waals surface area contributed by atoms with Crippen LogP contribution in [0.5, 0.6) is 0 Å². The summed E-state index contributed by atoms with van der Waals surface area (Å²) in [5, 5.41) is 5.46. The SMILES string of the molecule is CC(C)c1ccc(-c2nc3c(cnn3-c3ccccc3)c(=O)n2-c2cccc(Cl)c2)cc1. The number of halogens is 1.